The molecule has 1 aromatic rings. The van der Waals surface area contributed by atoms with E-state index in [-0.39, 0.29) is 0 Å². The second kappa shape index (κ2) is 8.28. The second-order valence-corrected chi connectivity index (χ2v) is 5.38. The SMILES string of the molecule is CCC(C)CN(C)Cc1ccc(CCNC)cc1. The van der Waals surface area contributed by atoms with Crippen molar-refractivity contribution >= 4 is 0 Å². The van der Waals surface area contributed by atoms with Gasteiger partial charge >= 0.3 is 0 Å². The molecule has 1 unspecified atom stereocenters. The molecule has 0 aliphatic carbocycles. The van der Waals surface area contributed by atoms with E-state index in [4.69, 9.17) is 0 Å². The zero-order valence-corrected chi connectivity index (χ0v) is 12.4. The first-order valence-electron chi connectivity index (χ1n) is 7.06. The molecule has 0 saturated heterocycles. The zero-order valence-electron chi connectivity index (χ0n) is 12.4. The maximum absolute atomic E-state index is 3.18. The number of hydrogen-bond donors (Lipinski definition) is 1. The molecular weight excluding hydrogens is 220 g/mol. The van der Waals surface area contributed by atoms with Crippen LogP contribution in [-0.2, 0) is 13.0 Å². The van der Waals surface area contributed by atoms with Crippen LogP contribution in [0.2, 0.25) is 0 Å². The van der Waals surface area contributed by atoms with Gasteiger partial charge in [-0.05, 0) is 44.1 Å². The van der Waals surface area contributed by atoms with Crippen LogP contribution in [-0.4, -0.2) is 32.1 Å². The summed E-state index contributed by atoms with van der Waals surface area (Å²) in [6.07, 6.45) is 2.37. The first kappa shape index (κ1) is 15.2. The van der Waals surface area contributed by atoms with Gasteiger partial charge in [0.25, 0.3) is 0 Å². The van der Waals surface area contributed by atoms with E-state index in [9.17, 15) is 0 Å². The normalized spacial score (nSPS) is 12.9. The Bertz CT molecular complexity index is 318. The fraction of sp³-hybridized carbons (Fsp3) is 0.625. The van der Waals surface area contributed by atoms with E-state index in [0.29, 0.717) is 0 Å². The summed E-state index contributed by atoms with van der Waals surface area (Å²) >= 11 is 0. The van der Waals surface area contributed by atoms with Crippen molar-refractivity contribution in [1.29, 1.82) is 0 Å². The van der Waals surface area contributed by atoms with Gasteiger partial charge in [-0.2, -0.15) is 0 Å². The van der Waals surface area contributed by atoms with Gasteiger partial charge < -0.3 is 10.2 Å². The predicted octanol–water partition coefficient (Wildman–Crippen LogP) is 2.93. The predicted molar refractivity (Wildman–Crippen MR) is 79.9 cm³/mol. The van der Waals surface area contributed by atoms with Gasteiger partial charge in [0, 0.05) is 13.1 Å². The largest absolute Gasteiger partial charge is 0.319 e. The number of hydrogen-bond acceptors (Lipinski definition) is 2. The van der Waals surface area contributed by atoms with Crippen molar-refractivity contribution in [3.8, 4) is 0 Å². The molecule has 102 valence electrons. The summed E-state index contributed by atoms with van der Waals surface area (Å²) < 4.78 is 0. The number of nitrogens with zero attached hydrogens (tertiary/aromatic N) is 1. The molecule has 1 atom stereocenters. The fourth-order valence-electron chi connectivity index (χ4n) is 2.12. The molecule has 0 spiro atoms. The molecule has 0 heterocycles. The Morgan fingerprint density at radius 3 is 2.33 bits per heavy atom. The van der Waals surface area contributed by atoms with Crippen LogP contribution < -0.4 is 5.32 Å². The fourth-order valence-corrected chi connectivity index (χ4v) is 2.12. The summed E-state index contributed by atoms with van der Waals surface area (Å²) in [6, 6.07) is 9.03. The monoisotopic (exact) mass is 248 g/mol. The minimum atomic E-state index is 0.782. The van der Waals surface area contributed by atoms with Crippen LogP contribution in [0.5, 0.6) is 0 Å². The van der Waals surface area contributed by atoms with Crippen molar-refractivity contribution in [3.05, 3.63) is 35.4 Å². The van der Waals surface area contributed by atoms with Crippen LogP contribution in [0.4, 0.5) is 0 Å². The van der Waals surface area contributed by atoms with Crippen LogP contribution in [0, 0.1) is 5.92 Å². The van der Waals surface area contributed by atoms with E-state index in [2.05, 4.69) is 55.4 Å². The Hall–Kier alpha value is -0.860. The quantitative estimate of drug-likeness (QED) is 0.761. The average molecular weight is 248 g/mol. The summed E-state index contributed by atoms with van der Waals surface area (Å²) in [5, 5.41) is 3.18. The van der Waals surface area contributed by atoms with Gasteiger partial charge in [0.15, 0.2) is 0 Å². The number of rotatable bonds is 8. The molecular formula is C16H28N2. The van der Waals surface area contributed by atoms with Gasteiger partial charge in [0.05, 0.1) is 0 Å². The molecule has 2 nitrogen and oxygen atoms in total. The molecule has 0 fully saturated rings. The Kier molecular flexibility index (Phi) is 6.99. The third-order valence-electron chi connectivity index (χ3n) is 3.46. The lowest BCUT2D eigenvalue weighted by molar-refractivity contribution is 0.275. The number of nitrogens with one attached hydrogen (secondary N) is 1. The van der Waals surface area contributed by atoms with Crippen molar-refractivity contribution in [2.45, 2.75) is 33.2 Å². The molecule has 1 aromatic carbocycles. The molecule has 1 N–H and O–H groups in total. The summed E-state index contributed by atoms with van der Waals surface area (Å²) in [5.41, 5.74) is 2.83. The van der Waals surface area contributed by atoms with E-state index in [0.717, 1.165) is 25.4 Å². The van der Waals surface area contributed by atoms with Gasteiger partial charge in [-0.1, -0.05) is 44.5 Å². The maximum Gasteiger partial charge on any atom is 0.0230 e. The van der Waals surface area contributed by atoms with E-state index in [1.165, 1.54) is 24.1 Å². The molecule has 0 aliphatic rings. The summed E-state index contributed by atoms with van der Waals surface area (Å²) in [4.78, 5) is 2.41. The summed E-state index contributed by atoms with van der Waals surface area (Å²) in [7, 11) is 4.21. The molecule has 1 rings (SSSR count). The van der Waals surface area contributed by atoms with Crippen molar-refractivity contribution in [1.82, 2.24) is 10.2 Å². The van der Waals surface area contributed by atoms with Gasteiger partial charge in [0.2, 0.25) is 0 Å². The van der Waals surface area contributed by atoms with Gasteiger partial charge in [-0.3, -0.25) is 0 Å². The maximum atomic E-state index is 3.18. The van der Waals surface area contributed by atoms with Gasteiger partial charge in [-0.25, -0.2) is 0 Å². The Balaban J connectivity index is 2.42. The van der Waals surface area contributed by atoms with Crippen molar-refractivity contribution in [2.24, 2.45) is 5.92 Å². The Morgan fingerprint density at radius 2 is 1.78 bits per heavy atom. The number of likely N-dealkylation sites (N-methyl/N-ethyl adjacent to an activating group) is 1. The molecule has 2 heteroatoms. The third-order valence-corrected chi connectivity index (χ3v) is 3.46. The number of benzene rings is 1. The molecule has 0 amide bonds. The minimum Gasteiger partial charge on any atom is -0.319 e. The molecule has 0 radical (unpaired) electrons. The molecule has 0 bridgehead atoms. The second-order valence-electron chi connectivity index (χ2n) is 5.38. The van der Waals surface area contributed by atoms with Crippen molar-refractivity contribution < 1.29 is 0 Å². The van der Waals surface area contributed by atoms with Gasteiger partial charge in [0.1, 0.15) is 0 Å². The Morgan fingerprint density at radius 1 is 1.17 bits per heavy atom. The third kappa shape index (κ3) is 5.65. The van der Waals surface area contributed by atoms with Crippen LogP contribution in [0.3, 0.4) is 0 Å². The van der Waals surface area contributed by atoms with Crippen molar-refractivity contribution in [2.75, 3.05) is 27.2 Å². The summed E-state index contributed by atoms with van der Waals surface area (Å²) in [6.45, 7) is 7.86. The average Bonchev–Trinajstić information content (AvgIpc) is 2.37. The van der Waals surface area contributed by atoms with E-state index >= 15 is 0 Å². The zero-order chi connectivity index (χ0) is 13.4. The standard InChI is InChI=1S/C16H28N2/c1-5-14(2)12-18(4)13-16-8-6-15(7-9-16)10-11-17-3/h6-9,14,17H,5,10-13H2,1-4H3. The molecule has 0 aromatic heterocycles. The molecule has 0 aliphatic heterocycles. The van der Waals surface area contributed by atoms with Crippen LogP contribution in [0.25, 0.3) is 0 Å². The first-order valence-corrected chi connectivity index (χ1v) is 7.06. The highest BCUT2D eigenvalue weighted by Crippen LogP contribution is 2.09. The first-order chi connectivity index (χ1) is 8.65. The highest BCUT2D eigenvalue weighted by atomic mass is 15.1. The highest BCUT2D eigenvalue weighted by molar-refractivity contribution is 5.22. The smallest absolute Gasteiger partial charge is 0.0230 e. The lowest BCUT2D eigenvalue weighted by Gasteiger charge is -2.20. The summed E-state index contributed by atoms with van der Waals surface area (Å²) in [5.74, 6) is 0.782. The van der Waals surface area contributed by atoms with Crippen molar-refractivity contribution in [3.63, 3.8) is 0 Å². The van der Waals surface area contributed by atoms with Crippen LogP contribution in [0.1, 0.15) is 31.4 Å². The van der Waals surface area contributed by atoms with Crippen LogP contribution >= 0.6 is 0 Å². The lowest BCUT2D eigenvalue weighted by atomic mass is 10.1. The van der Waals surface area contributed by atoms with E-state index in [1.807, 2.05) is 7.05 Å². The van der Waals surface area contributed by atoms with E-state index in [1.54, 1.807) is 0 Å². The molecule has 18 heavy (non-hydrogen) atoms. The topological polar surface area (TPSA) is 15.3 Å². The molecule has 0 saturated carbocycles. The van der Waals surface area contributed by atoms with Crippen LogP contribution in [0.15, 0.2) is 24.3 Å². The lowest BCUT2D eigenvalue weighted by Crippen LogP contribution is -2.23. The Labute approximate surface area is 112 Å². The van der Waals surface area contributed by atoms with E-state index < -0.39 is 0 Å². The minimum absolute atomic E-state index is 0.782. The van der Waals surface area contributed by atoms with Gasteiger partial charge in [-0.15, -0.1) is 0 Å². The highest BCUT2D eigenvalue weighted by Gasteiger charge is 2.05.